The Balaban J connectivity index is 2.28. The fraction of sp³-hybridized carbons (Fsp3) is 0. The van der Waals surface area contributed by atoms with Crippen molar-refractivity contribution < 1.29 is 0 Å². The largest absolute Gasteiger partial charge is 0.338 e. The van der Waals surface area contributed by atoms with Gasteiger partial charge < -0.3 is 5.32 Å². The van der Waals surface area contributed by atoms with Gasteiger partial charge in [-0.25, -0.2) is 9.97 Å². The number of aromatic nitrogens is 2. The smallest absolute Gasteiger partial charge is 0.225 e. The third kappa shape index (κ3) is 2.72. The predicted molar refractivity (Wildman–Crippen MR) is 64.7 cm³/mol. The van der Waals surface area contributed by atoms with Gasteiger partial charge in [-0.3, -0.25) is 0 Å². The zero-order valence-corrected chi connectivity index (χ0v) is 10.3. The molecule has 0 fully saturated rings. The lowest BCUT2D eigenvalue weighted by Gasteiger charge is -2.03. The summed E-state index contributed by atoms with van der Waals surface area (Å²) in [5.74, 6) is 0.514. The average Bonchev–Trinajstić information content (AvgIpc) is 2.50. The summed E-state index contributed by atoms with van der Waals surface area (Å²) in [6.45, 7) is 0. The highest BCUT2D eigenvalue weighted by Gasteiger charge is 2.05. The van der Waals surface area contributed by atoms with E-state index in [-0.39, 0.29) is 10.4 Å². The van der Waals surface area contributed by atoms with Gasteiger partial charge in [-0.15, -0.1) is 11.3 Å². The van der Waals surface area contributed by atoms with Crippen LogP contribution in [-0.4, -0.2) is 9.97 Å². The van der Waals surface area contributed by atoms with E-state index in [1.165, 1.54) is 11.3 Å². The topological polar surface area (TPSA) is 37.8 Å². The Bertz CT molecular complexity index is 465. The molecule has 2 aromatic heterocycles. The molecule has 0 aliphatic rings. The van der Waals surface area contributed by atoms with Crippen molar-refractivity contribution in [3.63, 3.8) is 0 Å². The fourth-order valence-electron chi connectivity index (χ4n) is 0.974. The Hall–Kier alpha value is -0.550. The van der Waals surface area contributed by atoms with Gasteiger partial charge in [-0.1, -0.05) is 23.2 Å². The summed E-state index contributed by atoms with van der Waals surface area (Å²) >= 11 is 18.7. The summed E-state index contributed by atoms with van der Waals surface area (Å²) in [5.41, 5.74) is 0.771. The maximum absolute atomic E-state index is 5.92. The molecule has 3 nitrogen and oxygen atoms in total. The van der Waals surface area contributed by atoms with Crippen molar-refractivity contribution in [2.45, 2.75) is 0 Å². The first-order valence-corrected chi connectivity index (χ1v) is 5.86. The standard InChI is InChI=1S/C8H4Cl3N3S/c9-5-3-6(14-8(11)13-5)12-4-1-2-15-7(4)10/h1-3H,(H,12,13,14). The van der Waals surface area contributed by atoms with E-state index < -0.39 is 0 Å². The fourth-order valence-corrected chi connectivity index (χ4v) is 2.22. The van der Waals surface area contributed by atoms with Gasteiger partial charge in [-0.05, 0) is 23.0 Å². The number of thiophene rings is 1. The third-order valence-corrected chi connectivity index (χ3v) is 3.08. The molecule has 2 aromatic rings. The Morgan fingerprint density at radius 3 is 2.60 bits per heavy atom. The first-order valence-electron chi connectivity index (χ1n) is 3.85. The monoisotopic (exact) mass is 279 g/mol. The first kappa shape index (κ1) is 11.0. The number of anilines is 2. The van der Waals surface area contributed by atoms with E-state index in [0.717, 1.165) is 5.69 Å². The molecule has 0 saturated carbocycles. The van der Waals surface area contributed by atoms with Crippen molar-refractivity contribution in [1.82, 2.24) is 9.97 Å². The lowest BCUT2D eigenvalue weighted by atomic mass is 10.5. The third-order valence-electron chi connectivity index (χ3n) is 1.55. The molecule has 0 aromatic carbocycles. The number of nitrogens with zero attached hydrogens (tertiary/aromatic N) is 2. The molecule has 0 spiro atoms. The molecule has 1 N–H and O–H groups in total. The van der Waals surface area contributed by atoms with Crippen LogP contribution in [0.25, 0.3) is 0 Å². The molecule has 7 heteroatoms. The van der Waals surface area contributed by atoms with Crippen LogP contribution in [0.2, 0.25) is 14.8 Å². The van der Waals surface area contributed by atoms with Gasteiger partial charge in [0.2, 0.25) is 5.28 Å². The summed E-state index contributed by atoms with van der Waals surface area (Å²) in [7, 11) is 0. The summed E-state index contributed by atoms with van der Waals surface area (Å²) in [5, 5.41) is 5.24. The Labute approximate surface area is 105 Å². The zero-order chi connectivity index (χ0) is 10.8. The summed E-state index contributed by atoms with van der Waals surface area (Å²) in [6.07, 6.45) is 0. The van der Waals surface area contributed by atoms with E-state index in [1.54, 1.807) is 6.07 Å². The van der Waals surface area contributed by atoms with E-state index in [1.807, 2.05) is 11.4 Å². The van der Waals surface area contributed by atoms with Gasteiger partial charge in [0.15, 0.2) is 0 Å². The molecule has 2 rings (SSSR count). The van der Waals surface area contributed by atoms with Crippen LogP contribution in [0.5, 0.6) is 0 Å². The van der Waals surface area contributed by atoms with Gasteiger partial charge in [0.25, 0.3) is 0 Å². The molecule has 0 bridgehead atoms. The number of hydrogen-bond donors (Lipinski definition) is 1. The first-order chi connectivity index (χ1) is 7.15. The van der Waals surface area contributed by atoms with Crippen LogP contribution in [-0.2, 0) is 0 Å². The van der Waals surface area contributed by atoms with Crippen LogP contribution in [0.1, 0.15) is 0 Å². The molecule has 0 amide bonds. The summed E-state index contributed by atoms with van der Waals surface area (Å²) in [6, 6.07) is 3.42. The van der Waals surface area contributed by atoms with Crippen LogP contribution in [0, 0.1) is 0 Å². The van der Waals surface area contributed by atoms with Gasteiger partial charge >= 0.3 is 0 Å². The number of nitrogens with one attached hydrogen (secondary N) is 1. The predicted octanol–water partition coefficient (Wildman–Crippen LogP) is 4.24. The zero-order valence-electron chi connectivity index (χ0n) is 7.17. The molecular formula is C8H4Cl3N3S. The molecular weight excluding hydrogens is 277 g/mol. The van der Waals surface area contributed by atoms with E-state index in [0.29, 0.717) is 10.2 Å². The molecule has 0 aliphatic carbocycles. The van der Waals surface area contributed by atoms with Crippen LogP contribution >= 0.6 is 46.1 Å². The summed E-state index contributed by atoms with van der Waals surface area (Å²) in [4.78, 5) is 7.69. The van der Waals surface area contributed by atoms with Gasteiger partial charge in [0.05, 0.1) is 5.69 Å². The van der Waals surface area contributed by atoms with Crippen LogP contribution < -0.4 is 5.32 Å². The van der Waals surface area contributed by atoms with Crippen molar-refractivity contribution in [3.05, 3.63) is 32.3 Å². The number of halogens is 3. The highest BCUT2D eigenvalue weighted by molar-refractivity contribution is 7.15. The average molecular weight is 281 g/mol. The minimum atomic E-state index is 0.0938. The van der Waals surface area contributed by atoms with Crippen molar-refractivity contribution in [3.8, 4) is 0 Å². The maximum atomic E-state index is 5.92. The van der Waals surface area contributed by atoms with Crippen molar-refractivity contribution in [1.29, 1.82) is 0 Å². The normalized spacial score (nSPS) is 10.3. The number of rotatable bonds is 2. The molecule has 0 radical (unpaired) electrons. The molecule has 15 heavy (non-hydrogen) atoms. The highest BCUT2D eigenvalue weighted by Crippen LogP contribution is 2.30. The second-order valence-corrected chi connectivity index (χ2v) is 4.82. The minimum absolute atomic E-state index is 0.0938. The van der Waals surface area contributed by atoms with Gasteiger partial charge in [0, 0.05) is 6.07 Å². The van der Waals surface area contributed by atoms with Crippen molar-refractivity contribution >= 4 is 57.6 Å². The Morgan fingerprint density at radius 2 is 2.00 bits per heavy atom. The van der Waals surface area contributed by atoms with E-state index >= 15 is 0 Å². The van der Waals surface area contributed by atoms with Crippen LogP contribution in [0.3, 0.4) is 0 Å². The lowest BCUT2D eigenvalue weighted by Crippen LogP contribution is -1.94. The minimum Gasteiger partial charge on any atom is -0.338 e. The van der Waals surface area contributed by atoms with E-state index in [4.69, 9.17) is 34.8 Å². The van der Waals surface area contributed by atoms with Crippen molar-refractivity contribution in [2.24, 2.45) is 0 Å². The second-order valence-electron chi connectivity index (χ2n) is 2.58. The number of hydrogen-bond acceptors (Lipinski definition) is 4. The molecule has 0 saturated heterocycles. The maximum Gasteiger partial charge on any atom is 0.225 e. The Kier molecular flexibility index (Phi) is 3.31. The van der Waals surface area contributed by atoms with Gasteiger partial charge in [-0.2, -0.15) is 0 Å². The molecule has 78 valence electrons. The second kappa shape index (κ2) is 4.53. The van der Waals surface area contributed by atoms with E-state index in [2.05, 4.69) is 15.3 Å². The Morgan fingerprint density at radius 1 is 1.20 bits per heavy atom. The summed E-state index contributed by atoms with van der Waals surface area (Å²) < 4.78 is 0.654. The van der Waals surface area contributed by atoms with Crippen LogP contribution in [0.15, 0.2) is 17.5 Å². The highest BCUT2D eigenvalue weighted by atomic mass is 35.5. The molecule has 0 unspecified atom stereocenters. The molecule has 0 aliphatic heterocycles. The SMILES string of the molecule is Clc1cc(Nc2ccsc2Cl)nc(Cl)n1. The van der Waals surface area contributed by atoms with Crippen molar-refractivity contribution in [2.75, 3.05) is 5.32 Å². The van der Waals surface area contributed by atoms with Crippen LogP contribution in [0.4, 0.5) is 11.5 Å². The molecule has 0 atom stereocenters. The lowest BCUT2D eigenvalue weighted by molar-refractivity contribution is 1.17. The van der Waals surface area contributed by atoms with Gasteiger partial charge in [0.1, 0.15) is 15.3 Å². The quantitative estimate of drug-likeness (QED) is 0.660. The van der Waals surface area contributed by atoms with E-state index in [9.17, 15) is 0 Å². The molecule has 2 heterocycles.